The number of hydrogen-bond acceptors (Lipinski definition) is 2. The Bertz CT molecular complexity index is 67.5. The van der Waals surface area contributed by atoms with Gasteiger partial charge >= 0.3 is 29.6 Å². The standard InChI is InChI=1S/C3H8O3S.Na.H/c4-2-1-3-7(5)6;;/h4H,1-3H2,(H,5,6);;. The van der Waals surface area contributed by atoms with Crippen LogP contribution in [0.3, 0.4) is 0 Å². The molecular formula is C3H9NaO3S. The first-order valence-electron chi connectivity index (χ1n) is 1.95. The molecule has 0 heterocycles. The van der Waals surface area contributed by atoms with E-state index in [1.807, 2.05) is 0 Å². The van der Waals surface area contributed by atoms with Crippen molar-refractivity contribution in [3.63, 3.8) is 0 Å². The predicted octanol–water partition coefficient (Wildman–Crippen LogP) is -1.06. The second-order valence-corrected chi connectivity index (χ2v) is 2.15. The fraction of sp³-hybridized carbons (Fsp3) is 1.00. The van der Waals surface area contributed by atoms with Gasteiger partial charge in [0.1, 0.15) is 0 Å². The average Bonchev–Trinajstić information content (AvgIpc) is 1.61. The van der Waals surface area contributed by atoms with Crippen LogP contribution in [0, 0.1) is 0 Å². The number of aliphatic hydroxyl groups excluding tert-OH is 1. The molecule has 5 heteroatoms. The Labute approximate surface area is 73.1 Å². The zero-order valence-electron chi connectivity index (χ0n) is 3.83. The van der Waals surface area contributed by atoms with E-state index in [2.05, 4.69) is 0 Å². The Morgan fingerprint density at radius 1 is 1.50 bits per heavy atom. The van der Waals surface area contributed by atoms with Crippen LogP contribution in [0.15, 0.2) is 0 Å². The van der Waals surface area contributed by atoms with Crippen molar-refractivity contribution in [2.45, 2.75) is 6.42 Å². The minimum absolute atomic E-state index is 0. The summed E-state index contributed by atoms with van der Waals surface area (Å²) in [7, 11) is 0. The molecule has 0 fully saturated rings. The van der Waals surface area contributed by atoms with Crippen molar-refractivity contribution in [2.75, 3.05) is 12.4 Å². The third-order valence-corrected chi connectivity index (χ3v) is 1.11. The molecule has 2 N–H and O–H groups in total. The van der Waals surface area contributed by atoms with E-state index in [0.29, 0.717) is 6.42 Å². The molecule has 1 unspecified atom stereocenters. The average molecular weight is 148 g/mol. The molecule has 0 aromatic rings. The Hall–Kier alpha value is 1.07. The van der Waals surface area contributed by atoms with Gasteiger partial charge in [-0.05, 0) is 6.42 Å². The van der Waals surface area contributed by atoms with E-state index >= 15 is 0 Å². The fourth-order valence-electron chi connectivity index (χ4n) is 0.188. The van der Waals surface area contributed by atoms with Gasteiger partial charge in [-0.25, -0.2) is 4.21 Å². The maximum absolute atomic E-state index is 9.76. The molecule has 0 aromatic carbocycles. The van der Waals surface area contributed by atoms with Crippen LogP contribution < -0.4 is 0 Å². The van der Waals surface area contributed by atoms with E-state index in [9.17, 15) is 4.21 Å². The van der Waals surface area contributed by atoms with Crippen molar-refractivity contribution >= 4 is 40.6 Å². The normalized spacial score (nSPS) is 12.2. The molecule has 0 saturated heterocycles. The summed E-state index contributed by atoms with van der Waals surface area (Å²) < 4.78 is 17.8. The minimum atomic E-state index is -1.73. The van der Waals surface area contributed by atoms with Crippen molar-refractivity contribution in [3.05, 3.63) is 0 Å². The summed E-state index contributed by atoms with van der Waals surface area (Å²) in [5.41, 5.74) is 0. The Balaban J connectivity index is 0. The second-order valence-electron chi connectivity index (χ2n) is 1.10. The van der Waals surface area contributed by atoms with Gasteiger partial charge in [0.15, 0.2) is 11.1 Å². The third-order valence-electron chi connectivity index (χ3n) is 0.477. The van der Waals surface area contributed by atoms with Gasteiger partial charge in [0.2, 0.25) is 0 Å². The molecule has 0 spiro atoms. The Kier molecular flexibility index (Phi) is 11.9. The van der Waals surface area contributed by atoms with E-state index in [4.69, 9.17) is 9.66 Å². The quantitative estimate of drug-likeness (QED) is 0.396. The summed E-state index contributed by atoms with van der Waals surface area (Å²) in [6.45, 7) is -0.00764. The maximum atomic E-state index is 9.76. The molecule has 0 aliphatic rings. The van der Waals surface area contributed by atoms with Crippen LogP contribution in [0.2, 0.25) is 0 Å². The molecule has 0 saturated carbocycles. The number of aliphatic hydroxyl groups is 1. The van der Waals surface area contributed by atoms with Crippen LogP contribution in [0.4, 0.5) is 0 Å². The molecule has 1 atom stereocenters. The van der Waals surface area contributed by atoms with Crippen molar-refractivity contribution in [1.82, 2.24) is 0 Å². The third kappa shape index (κ3) is 10.1. The summed E-state index contributed by atoms with van der Waals surface area (Å²) in [6, 6.07) is 0. The summed E-state index contributed by atoms with van der Waals surface area (Å²) in [4.78, 5) is 0. The summed E-state index contributed by atoms with van der Waals surface area (Å²) in [5, 5.41) is 8.07. The van der Waals surface area contributed by atoms with Gasteiger partial charge in [-0.1, -0.05) is 0 Å². The zero-order chi connectivity index (χ0) is 5.70. The molecular weight excluding hydrogens is 139 g/mol. The van der Waals surface area contributed by atoms with E-state index in [0.717, 1.165) is 0 Å². The van der Waals surface area contributed by atoms with E-state index in [1.54, 1.807) is 0 Å². The number of rotatable bonds is 3. The Morgan fingerprint density at radius 3 is 2.12 bits per heavy atom. The van der Waals surface area contributed by atoms with Crippen molar-refractivity contribution in [2.24, 2.45) is 0 Å². The first-order valence-corrected chi connectivity index (χ1v) is 3.23. The van der Waals surface area contributed by atoms with Crippen LogP contribution in [-0.2, 0) is 11.1 Å². The van der Waals surface area contributed by atoms with Gasteiger partial charge in [0, 0.05) is 6.61 Å². The molecule has 0 bridgehead atoms. The van der Waals surface area contributed by atoms with Gasteiger partial charge in [0.05, 0.1) is 5.75 Å². The zero-order valence-corrected chi connectivity index (χ0v) is 4.65. The molecule has 0 rings (SSSR count). The molecule has 8 heavy (non-hydrogen) atoms. The van der Waals surface area contributed by atoms with Crippen molar-refractivity contribution in [1.29, 1.82) is 0 Å². The van der Waals surface area contributed by atoms with Crippen LogP contribution in [0.5, 0.6) is 0 Å². The fourth-order valence-corrected chi connectivity index (χ4v) is 0.564. The SMILES string of the molecule is O=S(O)CCCO.[NaH]. The van der Waals surface area contributed by atoms with Crippen LogP contribution in [0.1, 0.15) is 6.42 Å². The Morgan fingerprint density at radius 2 is 2.00 bits per heavy atom. The summed E-state index contributed by atoms with van der Waals surface area (Å²) >= 11 is -1.73. The summed E-state index contributed by atoms with van der Waals surface area (Å²) in [6.07, 6.45) is 0.406. The van der Waals surface area contributed by atoms with Crippen LogP contribution in [0.25, 0.3) is 0 Å². The summed E-state index contributed by atoms with van der Waals surface area (Å²) in [5.74, 6) is 0.177. The van der Waals surface area contributed by atoms with Gasteiger partial charge in [-0.3, -0.25) is 0 Å². The van der Waals surface area contributed by atoms with Crippen LogP contribution >= 0.6 is 0 Å². The second kappa shape index (κ2) is 8.07. The van der Waals surface area contributed by atoms with Gasteiger partial charge < -0.3 is 9.66 Å². The van der Waals surface area contributed by atoms with Crippen molar-refractivity contribution < 1.29 is 13.9 Å². The van der Waals surface area contributed by atoms with Gasteiger partial charge in [-0.2, -0.15) is 0 Å². The molecule has 0 aliphatic heterocycles. The topological polar surface area (TPSA) is 57.5 Å². The van der Waals surface area contributed by atoms with Crippen molar-refractivity contribution in [3.8, 4) is 0 Å². The molecule has 3 nitrogen and oxygen atoms in total. The molecule has 46 valence electrons. The van der Waals surface area contributed by atoms with E-state index < -0.39 is 11.1 Å². The van der Waals surface area contributed by atoms with E-state index in [-0.39, 0.29) is 41.9 Å². The first-order chi connectivity index (χ1) is 3.27. The van der Waals surface area contributed by atoms with Crippen LogP contribution in [-0.4, -0.2) is 55.8 Å². The van der Waals surface area contributed by atoms with Gasteiger partial charge in [-0.15, -0.1) is 0 Å². The molecule has 0 aliphatic carbocycles. The predicted molar refractivity (Wildman–Crippen MR) is 34.5 cm³/mol. The first kappa shape index (κ1) is 11.8. The number of hydrogen-bond donors (Lipinski definition) is 2. The van der Waals surface area contributed by atoms with E-state index in [1.165, 1.54) is 0 Å². The van der Waals surface area contributed by atoms with Gasteiger partial charge in [0.25, 0.3) is 0 Å². The molecule has 0 aromatic heterocycles. The molecule has 0 radical (unpaired) electrons. The molecule has 0 amide bonds. The monoisotopic (exact) mass is 148 g/mol.